The molecule has 0 saturated heterocycles. The Morgan fingerprint density at radius 3 is 2.77 bits per heavy atom. The van der Waals surface area contributed by atoms with Gasteiger partial charge < -0.3 is 9.88 Å². The second-order valence-electron chi connectivity index (χ2n) is 6.72. The Kier molecular flexibility index (Phi) is 5.43. The Morgan fingerprint density at radius 2 is 1.94 bits per heavy atom. The SMILES string of the molecule is Cn1c2ccccc2c2nnc(SCC(=O)Nc3nc(-c4ccc(Br)cc4)cs3)nc21. The van der Waals surface area contributed by atoms with Crippen LogP contribution in [-0.4, -0.2) is 36.4 Å². The van der Waals surface area contributed by atoms with E-state index in [0.29, 0.717) is 10.3 Å². The maximum Gasteiger partial charge on any atom is 0.236 e. The van der Waals surface area contributed by atoms with Gasteiger partial charge in [-0.3, -0.25) is 4.79 Å². The maximum atomic E-state index is 12.4. The van der Waals surface area contributed by atoms with Crippen molar-refractivity contribution in [3.8, 4) is 11.3 Å². The number of benzene rings is 2. The van der Waals surface area contributed by atoms with Crippen LogP contribution in [0.25, 0.3) is 33.3 Å². The molecule has 0 aliphatic rings. The van der Waals surface area contributed by atoms with Gasteiger partial charge in [0.05, 0.1) is 17.0 Å². The second-order valence-corrected chi connectivity index (χ2v) is 9.44. The van der Waals surface area contributed by atoms with Gasteiger partial charge in [-0.25, -0.2) is 9.97 Å². The van der Waals surface area contributed by atoms with Crippen molar-refractivity contribution < 1.29 is 4.79 Å². The number of nitrogens with zero attached hydrogens (tertiary/aromatic N) is 5. The smallest absolute Gasteiger partial charge is 0.236 e. The number of aromatic nitrogens is 5. The quantitative estimate of drug-likeness (QED) is 0.329. The largest absolute Gasteiger partial charge is 0.327 e. The number of fused-ring (bicyclic) bond motifs is 3. The van der Waals surface area contributed by atoms with Gasteiger partial charge in [0.25, 0.3) is 0 Å². The van der Waals surface area contributed by atoms with Gasteiger partial charge in [-0.1, -0.05) is 58.0 Å². The van der Waals surface area contributed by atoms with Gasteiger partial charge in [-0.05, 0) is 18.2 Å². The molecule has 1 N–H and O–H groups in total. The van der Waals surface area contributed by atoms with E-state index in [1.54, 1.807) is 0 Å². The Hall–Kier alpha value is -2.82. The van der Waals surface area contributed by atoms with E-state index in [2.05, 4.69) is 41.4 Å². The minimum Gasteiger partial charge on any atom is -0.327 e. The number of halogens is 1. The molecule has 0 saturated carbocycles. The summed E-state index contributed by atoms with van der Waals surface area (Å²) in [6.45, 7) is 0. The lowest BCUT2D eigenvalue weighted by Gasteiger charge is -2.02. The van der Waals surface area contributed by atoms with Gasteiger partial charge in [0, 0.05) is 27.9 Å². The Morgan fingerprint density at radius 1 is 1.13 bits per heavy atom. The molecule has 1 amide bonds. The molecule has 10 heteroatoms. The fraction of sp³-hybridized carbons (Fsp3) is 0.0952. The van der Waals surface area contributed by atoms with Crippen molar-refractivity contribution in [1.82, 2.24) is 24.7 Å². The summed E-state index contributed by atoms with van der Waals surface area (Å²) >= 11 is 6.07. The van der Waals surface area contributed by atoms with Crippen LogP contribution < -0.4 is 5.32 Å². The molecule has 31 heavy (non-hydrogen) atoms. The average molecular weight is 511 g/mol. The zero-order valence-electron chi connectivity index (χ0n) is 16.2. The number of thioether (sulfide) groups is 1. The summed E-state index contributed by atoms with van der Waals surface area (Å²) < 4.78 is 3.00. The second kappa shape index (κ2) is 8.37. The molecule has 5 rings (SSSR count). The fourth-order valence-corrected chi connectivity index (χ4v) is 4.81. The summed E-state index contributed by atoms with van der Waals surface area (Å²) in [4.78, 5) is 21.5. The number of para-hydroxylation sites is 1. The lowest BCUT2D eigenvalue weighted by molar-refractivity contribution is -0.113. The Balaban J connectivity index is 1.26. The van der Waals surface area contributed by atoms with Crippen LogP contribution in [0.1, 0.15) is 0 Å². The zero-order valence-corrected chi connectivity index (χ0v) is 19.5. The normalized spacial score (nSPS) is 11.3. The maximum absolute atomic E-state index is 12.4. The van der Waals surface area contributed by atoms with Crippen LogP contribution in [0.3, 0.4) is 0 Å². The number of amides is 1. The molecule has 0 spiro atoms. The van der Waals surface area contributed by atoms with Crippen molar-refractivity contribution in [2.45, 2.75) is 5.16 Å². The van der Waals surface area contributed by atoms with Crippen LogP contribution in [-0.2, 0) is 11.8 Å². The number of carbonyl (C=O) groups is 1. The molecule has 0 aliphatic heterocycles. The van der Waals surface area contributed by atoms with Crippen molar-refractivity contribution in [3.05, 3.63) is 58.4 Å². The molecular weight excluding hydrogens is 496 g/mol. The summed E-state index contributed by atoms with van der Waals surface area (Å²) in [5.74, 6) is 0.00656. The third-order valence-electron chi connectivity index (χ3n) is 4.71. The molecule has 0 unspecified atom stereocenters. The highest BCUT2D eigenvalue weighted by Crippen LogP contribution is 2.27. The highest BCUT2D eigenvalue weighted by molar-refractivity contribution is 9.10. The summed E-state index contributed by atoms with van der Waals surface area (Å²) in [7, 11) is 1.95. The average Bonchev–Trinajstić information content (AvgIpc) is 3.36. The predicted octanol–water partition coefficient (Wildman–Crippen LogP) is 5.13. The standard InChI is InChI=1S/C21H15BrN6OS2/c1-28-16-5-3-2-4-14(16)18-19(28)25-21(27-26-18)31-11-17(29)24-20-23-15(10-30-20)12-6-8-13(22)9-7-12/h2-10H,11H2,1H3,(H,23,24,29). The third-order valence-corrected chi connectivity index (χ3v) is 6.83. The van der Waals surface area contributed by atoms with Gasteiger partial charge in [0.15, 0.2) is 10.8 Å². The van der Waals surface area contributed by atoms with E-state index in [-0.39, 0.29) is 11.7 Å². The zero-order chi connectivity index (χ0) is 21.4. The summed E-state index contributed by atoms with van der Waals surface area (Å²) in [6, 6.07) is 15.9. The van der Waals surface area contributed by atoms with E-state index < -0.39 is 0 Å². The van der Waals surface area contributed by atoms with Crippen molar-refractivity contribution in [1.29, 1.82) is 0 Å². The first-order valence-electron chi connectivity index (χ1n) is 9.30. The number of hydrogen-bond acceptors (Lipinski definition) is 7. The third kappa shape index (κ3) is 4.06. The van der Waals surface area contributed by atoms with Gasteiger partial charge in [-0.2, -0.15) is 0 Å². The van der Waals surface area contributed by atoms with Crippen molar-refractivity contribution in [3.63, 3.8) is 0 Å². The molecule has 0 fully saturated rings. The van der Waals surface area contributed by atoms with Crippen LogP contribution in [0.2, 0.25) is 0 Å². The number of aryl methyl sites for hydroxylation is 1. The van der Waals surface area contributed by atoms with Gasteiger partial charge in [-0.15, -0.1) is 21.5 Å². The highest BCUT2D eigenvalue weighted by Gasteiger charge is 2.14. The van der Waals surface area contributed by atoms with Crippen LogP contribution in [0.15, 0.2) is 63.5 Å². The van der Waals surface area contributed by atoms with Crippen molar-refractivity contribution in [2.24, 2.45) is 7.05 Å². The number of hydrogen-bond donors (Lipinski definition) is 1. The first-order chi connectivity index (χ1) is 15.1. The molecular formula is C21H15BrN6OS2. The monoisotopic (exact) mass is 510 g/mol. The number of anilines is 1. The van der Waals surface area contributed by atoms with Crippen LogP contribution >= 0.6 is 39.0 Å². The van der Waals surface area contributed by atoms with E-state index in [1.807, 2.05) is 65.5 Å². The molecule has 0 radical (unpaired) electrons. The Labute approximate surface area is 194 Å². The summed E-state index contributed by atoms with van der Waals surface area (Å²) in [5.41, 5.74) is 4.38. The molecule has 3 heterocycles. The van der Waals surface area contributed by atoms with Crippen LogP contribution in [0.4, 0.5) is 5.13 Å². The van der Waals surface area contributed by atoms with Crippen LogP contribution in [0, 0.1) is 0 Å². The number of rotatable bonds is 5. The molecule has 0 atom stereocenters. The molecule has 2 aromatic carbocycles. The minimum absolute atomic E-state index is 0.164. The van der Waals surface area contributed by atoms with E-state index in [4.69, 9.17) is 0 Å². The molecule has 3 aromatic heterocycles. The fourth-order valence-electron chi connectivity index (χ4n) is 3.22. The Bertz CT molecular complexity index is 1410. The molecule has 7 nitrogen and oxygen atoms in total. The summed E-state index contributed by atoms with van der Waals surface area (Å²) in [6.07, 6.45) is 0. The topological polar surface area (TPSA) is 85.6 Å². The van der Waals surface area contributed by atoms with Crippen molar-refractivity contribution in [2.75, 3.05) is 11.1 Å². The van der Waals surface area contributed by atoms with E-state index in [9.17, 15) is 4.79 Å². The van der Waals surface area contributed by atoms with E-state index in [0.717, 1.165) is 37.8 Å². The first-order valence-corrected chi connectivity index (χ1v) is 12.0. The molecule has 5 aromatic rings. The number of nitrogens with one attached hydrogen (secondary N) is 1. The van der Waals surface area contributed by atoms with Crippen LogP contribution in [0.5, 0.6) is 0 Å². The highest BCUT2D eigenvalue weighted by atomic mass is 79.9. The van der Waals surface area contributed by atoms with E-state index in [1.165, 1.54) is 23.1 Å². The first kappa shape index (κ1) is 20.1. The molecule has 154 valence electrons. The van der Waals surface area contributed by atoms with Gasteiger partial charge in [0.2, 0.25) is 11.1 Å². The lowest BCUT2D eigenvalue weighted by Crippen LogP contribution is -2.14. The lowest BCUT2D eigenvalue weighted by atomic mass is 10.2. The van der Waals surface area contributed by atoms with Gasteiger partial charge in [0.1, 0.15) is 5.52 Å². The molecule has 0 bridgehead atoms. The number of carbonyl (C=O) groups excluding carboxylic acids is 1. The molecule has 0 aliphatic carbocycles. The predicted molar refractivity (Wildman–Crippen MR) is 128 cm³/mol. The van der Waals surface area contributed by atoms with E-state index >= 15 is 0 Å². The van der Waals surface area contributed by atoms with Crippen molar-refractivity contribution >= 4 is 72.1 Å². The van der Waals surface area contributed by atoms with Gasteiger partial charge >= 0.3 is 0 Å². The minimum atomic E-state index is -0.164. The summed E-state index contributed by atoms with van der Waals surface area (Å²) in [5, 5.41) is 15.3. The number of thiazole rings is 1.